The number of rotatable bonds is 13. The van der Waals surface area contributed by atoms with E-state index >= 15 is 0 Å². The van der Waals surface area contributed by atoms with E-state index in [1.807, 2.05) is 6.07 Å². The van der Waals surface area contributed by atoms with Gasteiger partial charge < -0.3 is 4.90 Å². The summed E-state index contributed by atoms with van der Waals surface area (Å²) < 4.78 is 0.275. The van der Waals surface area contributed by atoms with Crippen LogP contribution in [0.4, 0.5) is 17.1 Å². The van der Waals surface area contributed by atoms with Gasteiger partial charge in [0.1, 0.15) is 0 Å². The monoisotopic (exact) mass is 1280 g/mol. The molecular formula is C89H68IN. The first kappa shape index (κ1) is 54.6. The number of hydrogen-bond acceptors (Lipinski definition) is 1. The molecule has 12 aromatic rings. The maximum atomic E-state index is 4.40. The van der Waals surface area contributed by atoms with E-state index in [1.165, 1.54) is 144 Å². The lowest BCUT2D eigenvalue weighted by Gasteiger charge is -2.57. The molecule has 0 spiro atoms. The van der Waals surface area contributed by atoms with Crippen LogP contribution in [0.3, 0.4) is 0 Å². The van der Waals surface area contributed by atoms with Crippen LogP contribution in [-0.4, -0.2) is 3.92 Å². The predicted molar refractivity (Wildman–Crippen MR) is 382 cm³/mol. The van der Waals surface area contributed by atoms with E-state index in [0.29, 0.717) is 0 Å². The first-order valence-corrected chi connectivity index (χ1v) is 34.2. The highest BCUT2D eigenvalue weighted by Crippen LogP contribution is 2.65. The molecule has 0 radical (unpaired) electrons. The molecule has 1 atom stereocenters. The van der Waals surface area contributed by atoms with Crippen molar-refractivity contribution in [3.8, 4) is 33.4 Å². The molecule has 1 unspecified atom stereocenters. The Kier molecular flexibility index (Phi) is 12.7. The molecule has 436 valence electrons. The molecule has 7 aliphatic rings. The maximum Gasteiger partial charge on any atom is 0.0719 e. The average Bonchev–Trinajstić information content (AvgIpc) is 1.61. The number of nitrogens with zero attached hydrogens (tertiary/aromatic N) is 1. The van der Waals surface area contributed by atoms with Crippen LogP contribution in [0.15, 0.2) is 298 Å². The fourth-order valence-electron chi connectivity index (χ4n) is 19.5. The van der Waals surface area contributed by atoms with Gasteiger partial charge in [-0.3, -0.25) is 0 Å². The third-order valence-corrected chi connectivity index (χ3v) is 23.6. The molecule has 1 nitrogen and oxygen atoms in total. The van der Waals surface area contributed by atoms with E-state index < -0.39 is 16.2 Å². The van der Waals surface area contributed by atoms with Gasteiger partial charge >= 0.3 is 0 Å². The Hall–Kier alpha value is -9.27. The van der Waals surface area contributed by atoms with E-state index in [1.54, 1.807) is 5.56 Å². The van der Waals surface area contributed by atoms with Crippen molar-refractivity contribution < 1.29 is 0 Å². The average molecular weight is 1280 g/mol. The molecule has 12 aromatic carbocycles. The molecule has 7 aliphatic carbocycles. The Morgan fingerprint density at radius 3 is 1.23 bits per heavy atom. The van der Waals surface area contributed by atoms with Crippen molar-refractivity contribution in [1.82, 2.24) is 0 Å². The van der Waals surface area contributed by atoms with E-state index in [-0.39, 0.29) is 9.34 Å². The molecular weight excluding hydrogens is 1210 g/mol. The van der Waals surface area contributed by atoms with Crippen molar-refractivity contribution in [2.45, 2.75) is 70.5 Å². The number of hydrogen-bond donors (Lipinski definition) is 0. The Morgan fingerprint density at radius 1 is 0.385 bits per heavy atom. The number of alkyl halides is 1. The minimum absolute atomic E-state index is 0.196. The zero-order chi connectivity index (χ0) is 60.5. The molecule has 2 heteroatoms. The van der Waals surface area contributed by atoms with Crippen LogP contribution in [0.5, 0.6) is 0 Å². The van der Waals surface area contributed by atoms with Crippen molar-refractivity contribution in [3.05, 3.63) is 388 Å². The molecule has 4 saturated carbocycles. The van der Waals surface area contributed by atoms with Crippen LogP contribution in [0.1, 0.15) is 116 Å². The fraction of sp³-hybridized carbons (Fsp3) is 0.169. The molecule has 91 heavy (non-hydrogen) atoms. The summed E-state index contributed by atoms with van der Waals surface area (Å²) in [5.41, 5.74) is 28.0. The lowest BCUT2D eigenvalue weighted by Crippen LogP contribution is -2.48. The highest BCUT2D eigenvalue weighted by Gasteiger charge is 2.55. The van der Waals surface area contributed by atoms with Gasteiger partial charge in [-0.2, -0.15) is 0 Å². The van der Waals surface area contributed by atoms with E-state index in [9.17, 15) is 0 Å². The second-order valence-corrected chi connectivity index (χ2v) is 28.7. The minimum atomic E-state index is -0.629. The van der Waals surface area contributed by atoms with E-state index in [2.05, 4.69) is 331 Å². The lowest BCUT2D eigenvalue weighted by atomic mass is 9.48. The first-order chi connectivity index (χ1) is 44.9. The smallest absolute Gasteiger partial charge is 0.0719 e. The normalized spacial score (nSPS) is 20.3. The van der Waals surface area contributed by atoms with E-state index in [4.69, 9.17) is 0 Å². The third kappa shape index (κ3) is 7.96. The summed E-state index contributed by atoms with van der Waals surface area (Å²) in [5.74, 6) is 2.49. The quantitative estimate of drug-likeness (QED) is 0.0632. The molecule has 0 amide bonds. The van der Waals surface area contributed by atoms with Crippen molar-refractivity contribution in [3.63, 3.8) is 0 Å². The third-order valence-electron chi connectivity index (χ3n) is 22.6. The molecule has 0 aromatic heterocycles. The largest absolute Gasteiger partial charge is 0.310 e. The summed E-state index contributed by atoms with van der Waals surface area (Å²) in [6, 6.07) is 116. The molecule has 4 bridgehead atoms. The molecule has 0 heterocycles. The minimum Gasteiger partial charge on any atom is -0.310 e. The zero-order valence-corrected chi connectivity index (χ0v) is 53.2. The molecule has 0 aliphatic heterocycles. The van der Waals surface area contributed by atoms with Gasteiger partial charge in [-0.25, -0.2) is 0 Å². The molecule has 0 saturated heterocycles. The number of halogens is 1. The number of anilines is 3. The topological polar surface area (TPSA) is 3.24 Å². The van der Waals surface area contributed by atoms with Gasteiger partial charge in [-0.1, -0.05) is 271 Å². The number of benzene rings is 11. The van der Waals surface area contributed by atoms with Gasteiger partial charge in [0, 0.05) is 21.0 Å². The maximum absolute atomic E-state index is 4.40. The summed E-state index contributed by atoms with van der Waals surface area (Å²) >= 11 is 2.65. The Bertz CT molecular complexity index is 4450. The van der Waals surface area contributed by atoms with Crippen molar-refractivity contribution in [1.29, 1.82) is 0 Å². The van der Waals surface area contributed by atoms with Crippen LogP contribution in [-0.2, 0) is 28.1 Å². The summed E-state index contributed by atoms with van der Waals surface area (Å²) in [7, 11) is 0. The van der Waals surface area contributed by atoms with Crippen LogP contribution in [0.2, 0.25) is 0 Å². The summed E-state index contributed by atoms with van der Waals surface area (Å²) in [6.07, 6.45) is 11.3. The molecule has 19 rings (SSSR count). The van der Waals surface area contributed by atoms with Crippen LogP contribution < -0.4 is 4.90 Å². The molecule has 0 N–H and O–H groups in total. The molecule has 4 fully saturated rings. The van der Waals surface area contributed by atoms with Crippen molar-refractivity contribution >= 4 is 39.7 Å². The second kappa shape index (κ2) is 21.2. The fourth-order valence-corrected chi connectivity index (χ4v) is 20.0. The van der Waals surface area contributed by atoms with Crippen LogP contribution >= 0.6 is 22.6 Å². The van der Waals surface area contributed by atoms with Gasteiger partial charge in [0.2, 0.25) is 0 Å². The number of allylic oxidation sites excluding steroid dienone is 1. The summed E-state index contributed by atoms with van der Waals surface area (Å²) in [4.78, 5) is 2.54. The summed E-state index contributed by atoms with van der Waals surface area (Å²) in [6.45, 7) is 4.40. The number of fused-ring (bicyclic) bond motifs is 9. The lowest BCUT2D eigenvalue weighted by molar-refractivity contribution is -0.00525. The zero-order valence-electron chi connectivity index (χ0n) is 51.0. The first-order valence-electron chi connectivity index (χ1n) is 32.9. The Morgan fingerprint density at radius 2 is 0.791 bits per heavy atom. The SMILES string of the molecule is C=CC(I)Cc1cc(C23CC4CC(CC(C4)C2)C3)cc2c1-c1ccc(N(c3ccc(C4(c5cc#ccc5)c5ccccc5-c5ccccc54)cc3)c3ccc(C4(c5ccccc5)c5ccccc5-c5ccccc54)cc3)cc1C2(c1ccccc1)c1ccccc1. The Balaban J connectivity index is 0.877. The summed E-state index contributed by atoms with van der Waals surface area (Å²) in [5, 5.41) is 0. The van der Waals surface area contributed by atoms with Crippen LogP contribution in [0, 0.1) is 29.9 Å². The van der Waals surface area contributed by atoms with Gasteiger partial charge in [-0.05, 0) is 234 Å². The van der Waals surface area contributed by atoms with Gasteiger partial charge in [0.25, 0.3) is 0 Å². The van der Waals surface area contributed by atoms with E-state index in [0.717, 1.165) is 41.2 Å². The standard InChI is InChI=1S/C89H68IN/c1-2-70(90)53-62-52-69(86-56-59-49-60(57-86)51-61(50-59)58-86)54-84-85(62)78-48-47-73(55-83(78)89(84,65-27-11-5-12-28-65)66-29-13-6-14-30-66)91(71-43-39-67(40-44-71)87(63-23-7-3-8-24-63)79-35-19-15-31-74(79)75-32-16-20-36-80(75)87)72-45-41-68(42-46-72)88(64-25-9-4-10-26-64)81-37-21-17-33-76(81)77-34-18-22-38-82(77)88/h2-3,5-9,11-48,52,54-55,59-61,70H,1,49-51,53,56-58H2. The van der Waals surface area contributed by atoms with Gasteiger partial charge in [0.05, 0.1) is 16.2 Å². The van der Waals surface area contributed by atoms with Crippen molar-refractivity contribution in [2.24, 2.45) is 17.8 Å². The van der Waals surface area contributed by atoms with Gasteiger partial charge in [0.15, 0.2) is 0 Å². The second-order valence-electron chi connectivity index (χ2n) is 27.1. The Labute approximate surface area is 550 Å². The van der Waals surface area contributed by atoms with Crippen molar-refractivity contribution in [2.75, 3.05) is 4.90 Å². The highest BCUT2D eigenvalue weighted by atomic mass is 127. The highest BCUT2D eigenvalue weighted by molar-refractivity contribution is 14.1. The van der Waals surface area contributed by atoms with Gasteiger partial charge in [-0.15, -0.1) is 6.58 Å². The van der Waals surface area contributed by atoms with Crippen LogP contribution in [0.25, 0.3) is 33.4 Å². The predicted octanol–water partition coefficient (Wildman–Crippen LogP) is 21.8.